The van der Waals surface area contributed by atoms with Crippen LogP contribution in [0.4, 0.5) is 0 Å². The zero-order valence-electron chi connectivity index (χ0n) is 7.31. The van der Waals surface area contributed by atoms with Gasteiger partial charge in [0.25, 0.3) is 0 Å². The summed E-state index contributed by atoms with van der Waals surface area (Å²) in [4.78, 5) is 0. The van der Waals surface area contributed by atoms with Gasteiger partial charge in [-0.1, -0.05) is 12.2 Å². The van der Waals surface area contributed by atoms with Gasteiger partial charge in [0.15, 0.2) is 5.11 Å². The van der Waals surface area contributed by atoms with Crippen molar-refractivity contribution in [3.8, 4) is 0 Å². The first kappa shape index (κ1) is 8.69. The number of rotatable bonds is 2. The molecule has 0 saturated heterocycles. The van der Waals surface area contributed by atoms with Gasteiger partial charge in [0, 0.05) is 12.1 Å². The van der Waals surface area contributed by atoms with Gasteiger partial charge in [0.2, 0.25) is 0 Å². The lowest BCUT2D eigenvalue weighted by Gasteiger charge is -2.11. The van der Waals surface area contributed by atoms with Gasteiger partial charge in [-0.25, -0.2) is 0 Å². The molecule has 0 aliphatic heterocycles. The monoisotopic (exact) mass is 195 g/mol. The van der Waals surface area contributed by atoms with E-state index in [4.69, 9.17) is 5.73 Å². The van der Waals surface area contributed by atoms with Gasteiger partial charge in [0.05, 0.1) is 0 Å². The molecule has 2 aliphatic rings. The van der Waals surface area contributed by atoms with Crippen molar-refractivity contribution >= 4 is 23.5 Å². The zero-order chi connectivity index (χ0) is 9.26. The van der Waals surface area contributed by atoms with E-state index in [-0.39, 0.29) is 5.11 Å². The fraction of sp³-hybridized carbons (Fsp3) is 0.556. The smallest absolute Gasteiger partial charge is 0.184 e. The highest BCUT2D eigenvalue weighted by molar-refractivity contribution is 7.80. The Bertz CT molecular complexity index is 272. The maximum atomic E-state index is 5.25. The second kappa shape index (κ2) is 3.46. The molecule has 1 saturated carbocycles. The molecule has 2 aliphatic carbocycles. The van der Waals surface area contributed by atoms with E-state index in [9.17, 15) is 0 Å². The third-order valence-corrected chi connectivity index (χ3v) is 2.86. The second-order valence-corrected chi connectivity index (χ2v) is 4.14. The minimum absolute atomic E-state index is 0.231. The fourth-order valence-electron chi connectivity index (χ4n) is 2.19. The van der Waals surface area contributed by atoms with E-state index in [2.05, 4.69) is 34.9 Å². The van der Waals surface area contributed by atoms with E-state index in [0.717, 1.165) is 5.92 Å². The number of hydrogen-bond donors (Lipinski definition) is 2. The Morgan fingerprint density at radius 1 is 1.54 bits per heavy atom. The van der Waals surface area contributed by atoms with Crippen LogP contribution in [0.15, 0.2) is 17.3 Å². The van der Waals surface area contributed by atoms with Crippen LogP contribution in [0.2, 0.25) is 0 Å². The lowest BCUT2D eigenvalue weighted by molar-refractivity contribution is 0.592. The van der Waals surface area contributed by atoms with Gasteiger partial charge < -0.3 is 5.73 Å². The van der Waals surface area contributed by atoms with E-state index in [0.29, 0.717) is 11.8 Å². The summed E-state index contributed by atoms with van der Waals surface area (Å²) in [6.45, 7) is 0. The van der Waals surface area contributed by atoms with Gasteiger partial charge >= 0.3 is 0 Å². The Hall–Kier alpha value is -0.900. The molecular formula is C9H13N3S. The largest absolute Gasteiger partial charge is 0.375 e. The number of nitrogens with two attached hydrogens (primary N) is 1. The van der Waals surface area contributed by atoms with Crippen LogP contribution in [0.1, 0.15) is 12.8 Å². The van der Waals surface area contributed by atoms with Crippen LogP contribution in [0.3, 0.4) is 0 Å². The molecule has 0 aromatic rings. The van der Waals surface area contributed by atoms with Crippen molar-refractivity contribution in [2.75, 3.05) is 0 Å². The first-order valence-electron chi connectivity index (χ1n) is 4.52. The predicted molar refractivity (Wildman–Crippen MR) is 57.3 cm³/mol. The quantitative estimate of drug-likeness (QED) is 0.299. The van der Waals surface area contributed by atoms with Crippen LogP contribution < -0.4 is 11.2 Å². The first-order valence-corrected chi connectivity index (χ1v) is 4.93. The number of nitrogens with zero attached hydrogens (tertiary/aromatic N) is 1. The summed E-state index contributed by atoms with van der Waals surface area (Å²) in [6.07, 6.45) is 9.07. The van der Waals surface area contributed by atoms with Crippen LogP contribution in [-0.4, -0.2) is 11.3 Å². The summed E-state index contributed by atoms with van der Waals surface area (Å²) in [7, 11) is 0. The Balaban J connectivity index is 1.86. The molecule has 0 unspecified atom stereocenters. The molecule has 1 fully saturated rings. The third kappa shape index (κ3) is 1.88. The topological polar surface area (TPSA) is 50.4 Å². The Morgan fingerprint density at radius 3 is 2.92 bits per heavy atom. The zero-order valence-corrected chi connectivity index (χ0v) is 8.13. The number of thiocarbonyl (C=S) groups is 1. The molecule has 4 heteroatoms. The molecule has 0 aromatic heterocycles. The lowest BCUT2D eigenvalue weighted by atomic mass is 9.95. The molecular weight excluding hydrogens is 182 g/mol. The molecule has 13 heavy (non-hydrogen) atoms. The first-order chi connectivity index (χ1) is 6.25. The van der Waals surface area contributed by atoms with Crippen LogP contribution in [-0.2, 0) is 0 Å². The van der Waals surface area contributed by atoms with Crippen molar-refractivity contribution in [3.63, 3.8) is 0 Å². The summed E-state index contributed by atoms with van der Waals surface area (Å²) in [5.74, 6) is 2.06. The summed E-state index contributed by atoms with van der Waals surface area (Å²) in [5.41, 5.74) is 7.83. The summed E-state index contributed by atoms with van der Waals surface area (Å²) in [6, 6.07) is 0. The van der Waals surface area contributed by atoms with E-state index >= 15 is 0 Å². The highest BCUT2D eigenvalue weighted by Gasteiger charge is 2.34. The van der Waals surface area contributed by atoms with Crippen molar-refractivity contribution in [3.05, 3.63) is 12.2 Å². The Labute approximate surface area is 83.1 Å². The standard InChI is InChI=1S/C9H13N3S/c10-9(13)12-11-5-8-4-6-1-2-7(8)3-6/h1-2,5-8H,3-4H2,(H3,10,12,13)/b11-5-/t6-,7-,8-/m0/s1. The van der Waals surface area contributed by atoms with Crippen LogP contribution in [0, 0.1) is 17.8 Å². The summed E-state index contributed by atoms with van der Waals surface area (Å²) in [5, 5.41) is 4.23. The lowest BCUT2D eigenvalue weighted by Crippen LogP contribution is -2.25. The van der Waals surface area contributed by atoms with E-state index < -0.39 is 0 Å². The number of hydrogen-bond acceptors (Lipinski definition) is 2. The number of nitrogens with one attached hydrogen (secondary N) is 1. The fourth-order valence-corrected chi connectivity index (χ4v) is 2.24. The van der Waals surface area contributed by atoms with Crippen molar-refractivity contribution < 1.29 is 0 Å². The van der Waals surface area contributed by atoms with Gasteiger partial charge in [0.1, 0.15) is 0 Å². The van der Waals surface area contributed by atoms with Crippen LogP contribution >= 0.6 is 12.2 Å². The van der Waals surface area contributed by atoms with Crippen molar-refractivity contribution in [1.82, 2.24) is 5.43 Å². The molecule has 0 radical (unpaired) electrons. The van der Waals surface area contributed by atoms with Gasteiger partial charge in [-0.2, -0.15) is 5.10 Å². The number of allylic oxidation sites excluding steroid dienone is 2. The molecule has 3 atom stereocenters. The molecule has 0 aromatic carbocycles. The van der Waals surface area contributed by atoms with Crippen LogP contribution in [0.5, 0.6) is 0 Å². The average molecular weight is 195 g/mol. The van der Waals surface area contributed by atoms with E-state index in [1.807, 2.05) is 6.21 Å². The SMILES string of the molecule is NC(=S)N/N=C\[C@@H]1C[C@H]2C=C[C@H]1C2. The van der Waals surface area contributed by atoms with E-state index in [1.54, 1.807) is 0 Å². The minimum Gasteiger partial charge on any atom is -0.375 e. The highest BCUT2D eigenvalue weighted by Crippen LogP contribution is 2.42. The van der Waals surface area contributed by atoms with Gasteiger partial charge in [-0.05, 0) is 36.9 Å². The highest BCUT2D eigenvalue weighted by atomic mass is 32.1. The average Bonchev–Trinajstić information content (AvgIpc) is 2.64. The maximum absolute atomic E-state index is 5.25. The normalized spacial score (nSPS) is 35.8. The Morgan fingerprint density at radius 2 is 2.38 bits per heavy atom. The van der Waals surface area contributed by atoms with Gasteiger partial charge in [-0.3, -0.25) is 5.43 Å². The third-order valence-electron chi connectivity index (χ3n) is 2.77. The molecule has 2 rings (SSSR count). The van der Waals surface area contributed by atoms with Crippen molar-refractivity contribution in [1.29, 1.82) is 0 Å². The van der Waals surface area contributed by atoms with Crippen molar-refractivity contribution in [2.24, 2.45) is 28.6 Å². The Kier molecular flexibility index (Phi) is 2.31. The van der Waals surface area contributed by atoms with Crippen LogP contribution in [0.25, 0.3) is 0 Å². The number of fused-ring (bicyclic) bond motifs is 2. The molecule has 3 N–H and O–H groups in total. The minimum atomic E-state index is 0.231. The molecule has 0 amide bonds. The molecule has 3 nitrogen and oxygen atoms in total. The number of hydrazone groups is 1. The van der Waals surface area contributed by atoms with Crippen molar-refractivity contribution in [2.45, 2.75) is 12.8 Å². The summed E-state index contributed by atoms with van der Waals surface area (Å²) < 4.78 is 0. The molecule has 0 spiro atoms. The molecule has 70 valence electrons. The predicted octanol–water partition coefficient (Wildman–Crippen LogP) is 1.02. The van der Waals surface area contributed by atoms with E-state index in [1.165, 1.54) is 12.8 Å². The second-order valence-electron chi connectivity index (χ2n) is 3.70. The summed E-state index contributed by atoms with van der Waals surface area (Å²) >= 11 is 4.64. The van der Waals surface area contributed by atoms with Gasteiger partial charge in [-0.15, -0.1) is 0 Å². The molecule has 0 heterocycles. The maximum Gasteiger partial charge on any atom is 0.184 e. The molecule has 2 bridgehead atoms.